The van der Waals surface area contributed by atoms with Crippen LogP contribution >= 0.6 is 0 Å². The largest absolute Gasteiger partial charge is 0.462 e. The highest BCUT2D eigenvalue weighted by Crippen LogP contribution is 2.16. The van der Waals surface area contributed by atoms with Crippen LogP contribution in [-0.2, 0) is 28.6 Å². The third-order valence-corrected chi connectivity index (χ3v) is 13.5. The van der Waals surface area contributed by atoms with E-state index >= 15 is 0 Å². The Hall–Kier alpha value is -3.93. The minimum absolute atomic E-state index is 0.0856. The summed E-state index contributed by atoms with van der Waals surface area (Å²) in [6.45, 7) is 6.50. The van der Waals surface area contributed by atoms with E-state index in [1.807, 2.05) is 0 Å². The van der Waals surface area contributed by atoms with Gasteiger partial charge in [-0.15, -0.1) is 0 Å². The van der Waals surface area contributed by atoms with Crippen molar-refractivity contribution in [1.82, 2.24) is 0 Å². The maximum Gasteiger partial charge on any atom is 0.306 e. The van der Waals surface area contributed by atoms with Gasteiger partial charge in [-0.05, 0) is 89.9 Å². The van der Waals surface area contributed by atoms with Crippen LogP contribution in [0.25, 0.3) is 0 Å². The molecule has 0 fully saturated rings. The number of ether oxygens (including phenoxy) is 3. The van der Waals surface area contributed by atoms with Gasteiger partial charge in [0.2, 0.25) is 0 Å². The second-order valence-corrected chi connectivity index (χ2v) is 21.0. The number of unbranched alkanes of at least 4 members (excludes halogenated alkanes) is 28. The van der Waals surface area contributed by atoms with Crippen molar-refractivity contribution in [3.8, 4) is 0 Å². The van der Waals surface area contributed by atoms with Crippen LogP contribution in [0.5, 0.6) is 0 Å². The maximum atomic E-state index is 12.9. The molecule has 0 aliphatic carbocycles. The average molecular weight is 1060 g/mol. The van der Waals surface area contributed by atoms with E-state index in [0.717, 1.165) is 122 Å². The second-order valence-electron chi connectivity index (χ2n) is 21.0. The smallest absolute Gasteiger partial charge is 0.306 e. The lowest BCUT2D eigenvalue weighted by Crippen LogP contribution is -2.30. The summed E-state index contributed by atoms with van der Waals surface area (Å²) in [6, 6.07) is 0. The van der Waals surface area contributed by atoms with Crippen LogP contribution in [0.15, 0.2) is 109 Å². The van der Waals surface area contributed by atoms with Crippen LogP contribution < -0.4 is 0 Å². The van der Waals surface area contributed by atoms with Crippen molar-refractivity contribution in [3.63, 3.8) is 0 Å². The summed E-state index contributed by atoms with van der Waals surface area (Å²) in [5, 5.41) is 0. The Morgan fingerprint density at radius 2 is 0.513 bits per heavy atom. The highest BCUT2D eigenvalue weighted by atomic mass is 16.6. The molecule has 0 amide bonds. The molecule has 0 radical (unpaired) electrons. The zero-order valence-corrected chi connectivity index (χ0v) is 49.7. The normalized spacial score (nSPS) is 12.8. The van der Waals surface area contributed by atoms with Crippen LogP contribution in [0.2, 0.25) is 0 Å². The van der Waals surface area contributed by atoms with E-state index in [1.165, 1.54) is 135 Å². The first-order valence-electron chi connectivity index (χ1n) is 31.9. The molecule has 0 N–H and O–H groups in total. The summed E-state index contributed by atoms with van der Waals surface area (Å²) in [6.07, 6.45) is 86.8. The Balaban J connectivity index is 4.28. The lowest BCUT2D eigenvalue weighted by Gasteiger charge is -2.18. The number of rotatable bonds is 57. The molecule has 0 saturated carbocycles. The van der Waals surface area contributed by atoms with Crippen molar-refractivity contribution in [3.05, 3.63) is 109 Å². The first-order chi connectivity index (χ1) is 37.5. The van der Waals surface area contributed by atoms with Gasteiger partial charge in [0, 0.05) is 19.3 Å². The molecule has 0 heterocycles. The SMILES string of the molecule is CC/C=C\C/C=C\C/C=C\C/C=C\C/C=C\C/C=C\C/C=C\C/C=C\C/C=C\CCCCCC(=O)OCC(COC(=O)CCCCCCCCCCC)OC(=O)CCCCCCCCCCCCCCCCCCCC. The van der Waals surface area contributed by atoms with Gasteiger partial charge in [0.25, 0.3) is 0 Å². The van der Waals surface area contributed by atoms with E-state index in [-0.39, 0.29) is 31.1 Å². The van der Waals surface area contributed by atoms with Crippen LogP contribution in [0.4, 0.5) is 0 Å². The lowest BCUT2D eigenvalue weighted by molar-refractivity contribution is -0.167. The Morgan fingerprint density at radius 1 is 0.276 bits per heavy atom. The summed E-state index contributed by atoms with van der Waals surface area (Å²) in [7, 11) is 0. The first kappa shape index (κ1) is 72.1. The predicted molar refractivity (Wildman–Crippen MR) is 330 cm³/mol. The summed E-state index contributed by atoms with van der Waals surface area (Å²) in [4.78, 5) is 38.1. The van der Waals surface area contributed by atoms with Gasteiger partial charge in [-0.2, -0.15) is 0 Å². The molecule has 0 aliphatic rings. The van der Waals surface area contributed by atoms with E-state index in [1.54, 1.807) is 0 Å². The molecule has 0 aliphatic heterocycles. The molecule has 0 saturated heterocycles. The van der Waals surface area contributed by atoms with Gasteiger partial charge in [0.1, 0.15) is 13.2 Å². The Kier molecular flexibility index (Phi) is 60.3. The van der Waals surface area contributed by atoms with E-state index in [4.69, 9.17) is 14.2 Å². The van der Waals surface area contributed by atoms with Gasteiger partial charge < -0.3 is 14.2 Å². The fraction of sp³-hybridized carbons (Fsp3) is 0.700. The molecule has 0 bridgehead atoms. The fourth-order valence-electron chi connectivity index (χ4n) is 8.79. The Morgan fingerprint density at radius 3 is 0.803 bits per heavy atom. The van der Waals surface area contributed by atoms with Gasteiger partial charge in [0.05, 0.1) is 0 Å². The van der Waals surface area contributed by atoms with Gasteiger partial charge in [-0.25, -0.2) is 0 Å². The van der Waals surface area contributed by atoms with Crippen molar-refractivity contribution in [2.45, 2.75) is 303 Å². The third kappa shape index (κ3) is 60.9. The monoisotopic (exact) mass is 1050 g/mol. The number of hydrogen-bond acceptors (Lipinski definition) is 6. The molecule has 6 nitrogen and oxygen atoms in total. The van der Waals surface area contributed by atoms with Crippen molar-refractivity contribution in [1.29, 1.82) is 0 Å². The predicted octanol–water partition coefficient (Wildman–Crippen LogP) is 21.8. The van der Waals surface area contributed by atoms with Gasteiger partial charge in [0.15, 0.2) is 6.10 Å². The Labute approximate surface area is 470 Å². The van der Waals surface area contributed by atoms with E-state index in [9.17, 15) is 14.4 Å². The maximum absolute atomic E-state index is 12.9. The molecule has 6 heteroatoms. The molecule has 1 atom stereocenters. The highest BCUT2D eigenvalue weighted by molar-refractivity contribution is 5.71. The van der Waals surface area contributed by atoms with Crippen LogP contribution in [0.1, 0.15) is 297 Å². The van der Waals surface area contributed by atoms with Crippen molar-refractivity contribution >= 4 is 17.9 Å². The molecule has 0 aromatic heterocycles. The molecule has 0 spiro atoms. The molecular weight excluding hydrogens is 937 g/mol. The van der Waals surface area contributed by atoms with Gasteiger partial charge in [-0.1, -0.05) is 297 Å². The zero-order valence-electron chi connectivity index (χ0n) is 49.7. The van der Waals surface area contributed by atoms with E-state index in [0.29, 0.717) is 19.3 Å². The summed E-state index contributed by atoms with van der Waals surface area (Å²) in [5.74, 6) is -0.914. The van der Waals surface area contributed by atoms with E-state index in [2.05, 4.69) is 130 Å². The van der Waals surface area contributed by atoms with Crippen LogP contribution in [0.3, 0.4) is 0 Å². The molecule has 76 heavy (non-hydrogen) atoms. The summed E-state index contributed by atoms with van der Waals surface area (Å²) in [5.41, 5.74) is 0. The number of allylic oxidation sites excluding steroid dienone is 18. The number of hydrogen-bond donors (Lipinski definition) is 0. The minimum Gasteiger partial charge on any atom is -0.462 e. The second kappa shape index (κ2) is 63.6. The summed E-state index contributed by atoms with van der Waals surface area (Å²) < 4.78 is 16.8. The molecule has 0 aromatic rings. The summed E-state index contributed by atoms with van der Waals surface area (Å²) >= 11 is 0. The standard InChI is InChI=1S/C70H118O6/c1-4-7-10-13-16-19-21-23-25-27-29-30-31-32-33-34-35-36-37-38-39-40-41-43-44-46-48-51-54-57-60-63-69(72)75-66-67(65-74-68(71)62-59-56-53-50-18-15-12-9-6-3)76-70(73)64-61-58-55-52-49-47-45-42-28-26-24-22-20-17-14-11-8-5-2/h7,10,16,19,23,25,29-30,32-33,35-36,38-39,41,43,46,48,67H,4-6,8-9,11-15,17-18,20-22,24,26-28,31,34,37,40,42,44-45,47,49-66H2,1-3H3/b10-7-,19-16-,25-23-,30-29-,33-32-,36-35-,39-38-,43-41-,48-46-. The number of esters is 3. The lowest BCUT2D eigenvalue weighted by atomic mass is 10.0. The molecule has 0 rings (SSSR count). The van der Waals surface area contributed by atoms with Gasteiger partial charge >= 0.3 is 17.9 Å². The topological polar surface area (TPSA) is 78.9 Å². The molecule has 434 valence electrons. The highest BCUT2D eigenvalue weighted by Gasteiger charge is 2.19. The van der Waals surface area contributed by atoms with Crippen molar-refractivity contribution in [2.24, 2.45) is 0 Å². The van der Waals surface area contributed by atoms with Crippen molar-refractivity contribution < 1.29 is 28.6 Å². The molecule has 0 aromatic carbocycles. The third-order valence-electron chi connectivity index (χ3n) is 13.5. The fourth-order valence-corrected chi connectivity index (χ4v) is 8.79. The van der Waals surface area contributed by atoms with Crippen LogP contribution in [0, 0.1) is 0 Å². The van der Waals surface area contributed by atoms with E-state index < -0.39 is 6.10 Å². The van der Waals surface area contributed by atoms with Crippen LogP contribution in [-0.4, -0.2) is 37.2 Å². The van der Waals surface area contributed by atoms with Gasteiger partial charge in [-0.3, -0.25) is 14.4 Å². The zero-order chi connectivity index (χ0) is 55.0. The quantitative estimate of drug-likeness (QED) is 0.0261. The number of carbonyl (C=O) groups is 3. The molecule has 1 unspecified atom stereocenters. The number of carbonyl (C=O) groups excluding carboxylic acids is 3. The average Bonchev–Trinajstić information content (AvgIpc) is 3.42. The molecular formula is C70H118O6. The van der Waals surface area contributed by atoms with Crippen molar-refractivity contribution in [2.75, 3.05) is 13.2 Å². The first-order valence-corrected chi connectivity index (χ1v) is 31.9. The Bertz CT molecular complexity index is 1540. The minimum atomic E-state index is -0.789.